The highest BCUT2D eigenvalue weighted by atomic mass is 16.2. The molecule has 3 aromatic rings. The van der Waals surface area contributed by atoms with Crippen molar-refractivity contribution in [1.82, 2.24) is 19.7 Å². The SMILES string of the molecule is CN(C)CCN(C)CCn1cc(C2=C(Nc3ccccc3)C(=O)NC2=O)c2ccccc21. The number of hydrogen-bond acceptors (Lipinski definition) is 5. The van der Waals surface area contributed by atoms with Crippen LogP contribution in [0.5, 0.6) is 0 Å². The fraction of sp³-hybridized carbons (Fsp3) is 0.280. The highest BCUT2D eigenvalue weighted by molar-refractivity contribution is 6.38. The number of para-hydroxylation sites is 2. The van der Waals surface area contributed by atoms with Gasteiger partial charge in [-0.15, -0.1) is 0 Å². The van der Waals surface area contributed by atoms with Crippen molar-refractivity contribution in [3.8, 4) is 0 Å². The average molecular weight is 432 g/mol. The van der Waals surface area contributed by atoms with Crippen molar-refractivity contribution in [1.29, 1.82) is 0 Å². The van der Waals surface area contributed by atoms with Crippen LogP contribution in [0.1, 0.15) is 5.56 Å². The van der Waals surface area contributed by atoms with E-state index in [-0.39, 0.29) is 11.6 Å². The molecule has 2 heterocycles. The third-order valence-electron chi connectivity index (χ3n) is 5.68. The van der Waals surface area contributed by atoms with Gasteiger partial charge in [0.25, 0.3) is 11.8 Å². The molecule has 0 saturated heterocycles. The average Bonchev–Trinajstić information content (AvgIpc) is 3.27. The van der Waals surface area contributed by atoms with Gasteiger partial charge in [-0.1, -0.05) is 36.4 Å². The van der Waals surface area contributed by atoms with Crippen LogP contribution < -0.4 is 10.6 Å². The molecule has 0 atom stereocenters. The van der Waals surface area contributed by atoms with Crippen molar-refractivity contribution in [2.75, 3.05) is 46.1 Å². The van der Waals surface area contributed by atoms with E-state index >= 15 is 0 Å². The summed E-state index contributed by atoms with van der Waals surface area (Å²) in [5.41, 5.74) is 3.23. The summed E-state index contributed by atoms with van der Waals surface area (Å²) in [5, 5.41) is 6.55. The van der Waals surface area contributed by atoms with Gasteiger partial charge >= 0.3 is 0 Å². The Balaban J connectivity index is 1.68. The molecule has 32 heavy (non-hydrogen) atoms. The summed E-state index contributed by atoms with van der Waals surface area (Å²) in [7, 11) is 6.26. The van der Waals surface area contributed by atoms with Crippen LogP contribution in [0, 0.1) is 0 Å². The quantitative estimate of drug-likeness (QED) is 0.510. The van der Waals surface area contributed by atoms with Crippen LogP contribution in [0.3, 0.4) is 0 Å². The van der Waals surface area contributed by atoms with Crippen molar-refractivity contribution in [2.24, 2.45) is 0 Å². The van der Waals surface area contributed by atoms with Crippen LogP contribution >= 0.6 is 0 Å². The topological polar surface area (TPSA) is 69.6 Å². The van der Waals surface area contributed by atoms with Crippen molar-refractivity contribution in [3.05, 3.63) is 72.1 Å². The monoisotopic (exact) mass is 431 g/mol. The van der Waals surface area contributed by atoms with Gasteiger partial charge in [0.1, 0.15) is 5.70 Å². The van der Waals surface area contributed by atoms with Crippen LogP contribution in [0.25, 0.3) is 16.5 Å². The first-order valence-corrected chi connectivity index (χ1v) is 10.8. The molecule has 0 unspecified atom stereocenters. The standard InChI is InChI=1S/C25H29N5O2/c1-28(2)13-14-29(3)15-16-30-17-20(19-11-7-8-12-21(19)30)22-23(25(32)27-24(22)31)26-18-9-5-4-6-10-18/h4-12,17H,13-16H2,1-3H3,(H2,26,27,31,32). The van der Waals surface area contributed by atoms with Crippen molar-refractivity contribution >= 4 is 34.0 Å². The molecule has 2 amide bonds. The molecule has 0 bridgehead atoms. The number of anilines is 1. The van der Waals surface area contributed by atoms with E-state index in [1.165, 1.54) is 0 Å². The first kappa shape index (κ1) is 21.8. The van der Waals surface area contributed by atoms with Crippen LogP contribution in [0.4, 0.5) is 5.69 Å². The summed E-state index contributed by atoms with van der Waals surface area (Å²) in [4.78, 5) is 29.9. The first-order chi connectivity index (χ1) is 15.4. The van der Waals surface area contributed by atoms with Gasteiger partial charge in [0.2, 0.25) is 0 Å². The molecule has 0 aliphatic carbocycles. The van der Waals surface area contributed by atoms with Gasteiger partial charge in [0.05, 0.1) is 5.57 Å². The molecule has 2 aromatic carbocycles. The fourth-order valence-corrected chi connectivity index (χ4v) is 3.89. The second-order valence-corrected chi connectivity index (χ2v) is 8.38. The predicted molar refractivity (Wildman–Crippen MR) is 128 cm³/mol. The van der Waals surface area contributed by atoms with E-state index in [0.717, 1.165) is 48.3 Å². The number of likely N-dealkylation sites (N-methyl/N-ethyl adjacent to an activating group) is 2. The summed E-state index contributed by atoms with van der Waals surface area (Å²) in [6.45, 7) is 3.64. The number of imide groups is 1. The molecule has 4 rings (SSSR count). The molecule has 166 valence electrons. The number of benzene rings is 2. The maximum absolute atomic E-state index is 12.8. The number of amides is 2. The number of nitrogens with zero attached hydrogens (tertiary/aromatic N) is 3. The lowest BCUT2D eigenvalue weighted by Crippen LogP contribution is -2.30. The Morgan fingerprint density at radius 3 is 2.34 bits per heavy atom. The number of aromatic nitrogens is 1. The third kappa shape index (κ3) is 4.59. The van der Waals surface area contributed by atoms with E-state index in [4.69, 9.17) is 0 Å². The Labute approximate surface area is 188 Å². The second kappa shape index (κ2) is 9.38. The maximum atomic E-state index is 12.8. The molecule has 0 saturated carbocycles. The van der Waals surface area contributed by atoms with E-state index in [0.29, 0.717) is 5.57 Å². The molecular weight excluding hydrogens is 402 g/mol. The lowest BCUT2D eigenvalue weighted by molar-refractivity contribution is -0.123. The summed E-state index contributed by atoms with van der Waals surface area (Å²) < 4.78 is 2.17. The number of rotatable bonds is 9. The Morgan fingerprint density at radius 2 is 1.59 bits per heavy atom. The number of carbonyl (C=O) groups is 2. The predicted octanol–water partition coefficient (Wildman–Crippen LogP) is 2.61. The lowest BCUT2D eigenvalue weighted by atomic mass is 10.0. The van der Waals surface area contributed by atoms with Crippen LogP contribution in [0.15, 0.2) is 66.5 Å². The van der Waals surface area contributed by atoms with Crippen molar-refractivity contribution in [2.45, 2.75) is 6.54 Å². The fourth-order valence-electron chi connectivity index (χ4n) is 3.89. The van der Waals surface area contributed by atoms with Gasteiger partial charge in [0, 0.05) is 54.5 Å². The minimum Gasteiger partial charge on any atom is -0.350 e. The number of fused-ring (bicyclic) bond motifs is 1. The minimum absolute atomic E-state index is 0.284. The van der Waals surface area contributed by atoms with Gasteiger partial charge in [-0.05, 0) is 39.3 Å². The van der Waals surface area contributed by atoms with E-state index in [2.05, 4.69) is 52.2 Å². The molecule has 7 heteroatoms. The van der Waals surface area contributed by atoms with Gasteiger partial charge in [0.15, 0.2) is 0 Å². The van der Waals surface area contributed by atoms with Crippen LogP contribution in [-0.2, 0) is 16.1 Å². The maximum Gasteiger partial charge on any atom is 0.275 e. The minimum atomic E-state index is -0.408. The van der Waals surface area contributed by atoms with Gasteiger partial charge < -0.3 is 19.7 Å². The molecule has 0 radical (unpaired) electrons. The Kier molecular flexibility index (Phi) is 6.39. The van der Waals surface area contributed by atoms with Crippen LogP contribution in [0.2, 0.25) is 0 Å². The molecule has 2 N–H and O–H groups in total. The lowest BCUT2D eigenvalue weighted by Gasteiger charge is -2.19. The zero-order chi connectivity index (χ0) is 22.7. The summed E-state index contributed by atoms with van der Waals surface area (Å²) in [6, 6.07) is 17.4. The van der Waals surface area contributed by atoms with E-state index in [1.54, 1.807) is 0 Å². The molecule has 0 fully saturated rings. The molecule has 1 aromatic heterocycles. The highest BCUT2D eigenvalue weighted by Gasteiger charge is 2.33. The Hall–Kier alpha value is -3.42. The zero-order valence-corrected chi connectivity index (χ0v) is 18.8. The van der Waals surface area contributed by atoms with E-state index < -0.39 is 5.91 Å². The molecule has 1 aliphatic heterocycles. The molecule has 7 nitrogen and oxygen atoms in total. The van der Waals surface area contributed by atoms with Crippen LogP contribution in [-0.4, -0.2) is 67.0 Å². The van der Waals surface area contributed by atoms with E-state index in [9.17, 15) is 9.59 Å². The molecule has 1 aliphatic rings. The van der Waals surface area contributed by atoms with E-state index in [1.807, 2.05) is 54.7 Å². The highest BCUT2D eigenvalue weighted by Crippen LogP contribution is 2.32. The molecule has 0 spiro atoms. The van der Waals surface area contributed by atoms with Crippen molar-refractivity contribution < 1.29 is 9.59 Å². The second-order valence-electron chi connectivity index (χ2n) is 8.38. The Morgan fingerprint density at radius 1 is 0.875 bits per heavy atom. The van der Waals surface area contributed by atoms with Gasteiger partial charge in [-0.25, -0.2) is 0 Å². The number of hydrogen-bond donors (Lipinski definition) is 2. The smallest absolute Gasteiger partial charge is 0.275 e. The molecular formula is C25H29N5O2. The number of nitrogens with one attached hydrogen (secondary N) is 2. The first-order valence-electron chi connectivity index (χ1n) is 10.8. The van der Waals surface area contributed by atoms with Crippen molar-refractivity contribution in [3.63, 3.8) is 0 Å². The third-order valence-corrected chi connectivity index (χ3v) is 5.68. The van der Waals surface area contributed by atoms with Gasteiger partial charge in [-0.2, -0.15) is 0 Å². The van der Waals surface area contributed by atoms with Gasteiger partial charge in [-0.3, -0.25) is 14.9 Å². The summed E-state index contributed by atoms with van der Waals surface area (Å²) in [5.74, 6) is -0.784. The normalized spacial score (nSPS) is 14.2. The summed E-state index contributed by atoms with van der Waals surface area (Å²) >= 11 is 0. The summed E-state index contributed by atoms with van der Waals surface area (Å²) in [6.07, 6.45) is 1.99. The zero-order valence-electron chi connectivity index (χ0n) is 18.8. The Bertz CT molecular complexity index is 1160. The number of carbonyl (C=O) groups excluding carboxylic acids is 2. The largest absolute Gasteiger partial charge is 0.350 e.